The summed E-state index contributed by atoms with van der Waals surface area (Å²) in [5.74, 6) is 0.174. The number of para-hydroxylation sites is 1. The number of hydrogen-bond donors (Lipinski definition) is 2. The molecule has 0 heterocycles. The van der Waals surface area contributed by atoms with E-state index in [4.69, 9.17) is 0 Å². The van der Waals surface area contributed by atoms with E-state index >= 15 is 0 Å². The van der Waals surface area contributed by atoms with Crippen LogP contribution in [0.2, 0.25) is 0 Å². The van der Waals surface area contributed by atoms with E-state index in [2.05, 4.69) is 5.32 Å². The lowest BCUT2D eigenvalue weighted by atomic mass is 10.0. The second kappa shape index (κ2) is 6.64. The molecule has 0 radical (unpaired) electrons. The first-order chi connectivity index (χ1) is 8.44. The fourth-order valence-electron chi connectivity index (χ4n) is 1.82. The molecule has 18 heavy (non-hydrogen) atoms. The standard InChI is InChI=1S/C13H18F3NO/c1-2-11(10-6-3-4-7-12(10)18)17-9-5-8-13(14,15)16/h3-4,6-7,11,17-18H,2,5,8-9H2,1H3. The van der Waals surface area contributed by atoms with Gasteiger partial charge in [-0.05, 0) is 25.5 Å². The Labute approximate surface area is 105 Å². The highest BCUT2D eigenvalue weighted by Crippen LogP contribution is 2.26. The van der Waals surface area contributed by atoms with Gasteiger partial charge in [-0.3, -0.25) is 0 Å². The number of nitrogens with one attached hydrogen (secondary N) is 1. The third-order valence-electron chi connectivity index (χ3n) is 2.75. The lowest BCUT2D eigenvalue weighted by molar-refractivity contribution is -0.135. The number of alkyl halides is 3. The molecular weight excluding hydrogens is 243 g/mol. The molecule has 1 unspecified atom stereocenters. The minimum atomic E-state index is -4.10. The van der Waals surface area contributed by atoms with Gasteiger partial charge in [0.1, 0.15) is 5.75 Å². The third kappa shape index (κ3) is 4.96. The lowest BCUT2D eigenvalue weighted by Crippen LogP contribution is -2.23. The zero-order valence-corrected chi connectivity index (χ0v) is 10.3. The second-order valence-corrected chi connectivity index (χ2v) is 4.19. The van der Waals surface area contributed by atoms with Crippen molar-refractivity contribution in [1.82, 2.24) is 5.32 Å². The van der Waals surface area contributed by atoms with Gasteiger partial charge in [0, 0.05) is 18.0 Å². The van der Waals surface area contributed by atoms with Crippen LogP contribution in [0.4, 0.5) is 13.2 Å². The van der Waals surface area contributed by atoms with Crippen molar-refractivity contribution in [3.05, 3.63) is 29.8 Å². The zero-order valence-electron chi connectivity index (χ0n) is 10.3. The average molecular weight is 261 g/mol. The lowest BCUT2D eigenvalue weighted by Gasteiger charge is -2.18. The molecular formula is C13H18F3NO. The molecule has 0 saturated heterocycles. The molecule has 5 heteroatoms. The first-order valence-corrected chi connectivity index (χ1v) is 6.02. The van der Waals surface area contributed by atoms with Gasteiger partial charge in [-0.1, -0.05) is 25.1 Å². The highest BCUT2D eigenvalue weighted by Gasteiger charge is 2.26. The molecule has 0 spiro atoms. The number of rotatable bonds is 6. The SMILES string of the molecule is CCC(NCCCC(F)(F)F)c1ccccc1O. The van der Waals surface area contributed by atoms with E-state index in [9.17, 15) is 18.3 Å². The maximum atomic E-state index is 12.0. The van der Waals surface area contributed by atoms with Gasteiger partial charge >= 0.3 is 6.18 Å². The summed E-state index contributed by atoms with van der Waals surface area (Å²) in [5.41, 5.74) is 0.729. The van der Waals surface area contributed by atoms with E-state index in [1.807, 2.05) is 6.92 Å². The number of aromatic hydroxyl groups is 1. The molecule has 0 aromatic heterocycles. The van der Waals surface area contributed by atoms with Crippen molar-refractivity contribution >= 4 is 0 Å². The summed E-state index contributed by atoms with van der Waals surface area (Å²) in [6, 6.07) is 6.76. The van der Waals surface area contributed by atoms with Crippen molar-refractivity contribution in [2.45, 2.75) is 38.4 Å². The molecule has 1 atom stereocenters. The molecule has 0 fully saturated rings. The van der Waals surface area contributed by atoms with Crippen molar-refractivity contribution in [1.29, 1.82) is 0 Å². The van der Waals surface area contributed by atoms with E-state index < -0.39 is 12.6 Å². The molecule has 2 nitrogen and oxygen atoms in total. The minimum absolute atomic E-state index is 0.0492. The Morgan fingerprint density at radius 1 is 1.28 bits per heavy atom. The molecule has 0 amide bonds. The van der Waals surface area contributed by atoms with Crippen LogP contribution < -0.4 is 5.32 Å². The predicted molar refractivity (Wildman–Crippen MR) is 64.4 cm³/mol. The summed E-state index contributed by atoms with van der Waals surface area (Å²) in [6.07, 6.45) is -4.12. The van der Waals surface area contributed by atoms with Crippen LogP contribution in [0.25, 0.3) is 0 Å². The molecule has 0 saturated carbocycles. The molecule has 0 bridgehead atoms. The molecule has 102 valence electrons. The molecule has 2 N–H and O–H groups in total. The van der Waals surface area contributed by atoms with Crippen molar-refractivity contribution in [2.24, 2.45) is 0 Å². The van der Waals surface area contributed by atoms with Crippen molar-refractivity contribution < 1.29 is 18.3 Å². The minimum Gasteiger partial charge on any atom is -0.508 e. The summed E-state index contributed by atoms with van der Waals surface area (Å²) < 4.78 is 35.9. The van der Waals surface area contributed by atoms with Crippen LogP contribution in [-0.2, 0) is 0 Å². The number of phenols is 1. The Kier molecular flexibility index (Phi) is 5.47. The van der Waals surface area contributed by atoms with Gasteiger partial charge in [-0.15, -0.1) is 0 Å². The van der Waals surface area contributed by atoms with Crippen LogP contribution in [0.5, 0.6) is 5.75 Å². The highest BCUT2D eigenvalue weighted by atomic mass is 19.4. The summed E-state index contributed by atoms with van der Waals surface area (Å²) >= 11 is 0. The molecule has 1 aromatic carbocycles. The first-order valence-electron chi connectivity index (χ1n) is 6.02. The summed E-state index contributed by atoms with van der Waals surface area (Å²) in [7, 11) is 0. The van der Waals surface area contributed by atoms with Gasteiger partial charge in [0.2, 0.25) is 0 Å². The van der Waals surface area contributed by atoms with Crippen LogP contribution in [0.3, 0.4) is 0 Å². The number of benzene rings is 1. The van der Waals surface area contributed by atoms with Crippen molar-refractivity contribution in [2.75, 3.05) is 6.54 Å². The average Bonchev–Trinajstić information content (AvgIpc) is 2.29. The Balaban J connectivity index is 2.46. The van der Waals surface area contributed by atoms with Gasteiger partial charge in [0.25, 0.3) is 0 Å². The quantitative estimate of drug-likeness (QED) is 0.764. The summed E-state index contributed by atoms with van der Waals surface area (Å²) in [4.78, 5) is 0. The third-order valence-corrected chi connectivity index (χ3v) is 2.75. The van der Waals surface area contributed by atoms with Crippen LogP contribution in [0, 0.1) is 0 Å². The van der Waals surface area contributed by atoms with Crippen LogP contribution >= 0.6 is 0 Å². The van der Waals surface area contributed by atoms with Gasteiger partial charge < -0.3 is 10.4 Å². The topological polar surface area (TPSA) is 32.3 Å². The fraction of sp³-hybridized carbons (Fsp3) is 0.538. The molecule has 0 aliphatic carbocycles. The summed E-state index contributed by atoms with van der Waals surface area (Å²) in [5, 5.41) is 12.7. The van der Waals surface area contributed by atoms with E-state index in [-0.39, 0.29) is 24.8 Å². The first kappa shape index (κ1) is 14.8. The maximum Gasteiger partial charge on any atom is 0.389 e. The van der Waals surface area contributed by atoms with Gasteiger partial charge in [0.05, 0.1) is 0 Å². The van der Waals surface area contributed by atoms with E-state index in [1.165, 1.54) is 0 Å². The fourth-order valence-corrected chi connectivity index (χ4v) is 1.82. The second-order valence-electron chi connectivity index (χ2n) is 4.19. The maximum absolute atomic E-state index is 12.0. The van der Waals surface area contributed by atoms with Crippen molar-refractivity contribution in [3.63, 3.8) is 0 Å². The molecule has 0 aliphatic rings. The van der Waals surface area contributed by atoms with E-state index in [0.29, 0.717) is 6.42 Å². The Morgan fingerprint density at radius 2 is 1.94 bits per heavy atom. The monoisotopic (exact) mass is 261 g/mol. The van der Waals surface area contributed by atoms with Crippen LogP contribution in [-0.4, -0.2) is 17.8 Å². The number of hydrogen-bond acceptors (Lipinski definition) is 2. The Hall–Kier alpha value is -1.23. The largest absolute Gasteiger partial charge is 0.508 e. The van der Waals surface area contributed by atoms with Gasteiger partial charge in [0.15, 0.2) is 0 Å². The zero-order chi connectivity index (χ0) is 13.6. The van der Waals surface area contributed by atoms with Crippen molar-refractivity contribution in [3.8, 4) is 5.75 Å². The normalized spacial score (nSPS) is 13.6. The van der Waals surface area contributed by atoms with Crippen LogP contribution in [0.15, 0.2) is 24.3 Å². The number of phenolic OH excluding ortho intramolecular Hbond substituents is 1. The Morgan fingerprint density at radius 3 is 2.50 bits per heavy atom. The van der Waals surface area contributed by atoms with Crippen LogP contribution in [0.1, 0.15) is 37.8 Å². The summed E-state index contributed by atoms with van der Waals surface area (Å²) in [6.45, 7) is 2.21. The predicted octanol–water partition coefficient (Wildman–Crippen LogP) is 3.78. The van der Waals surface area contributed by atoms with E-state index in [1.54, 1.807) is 24.3 Å². The molecule has 0 aliphatic heterocycles. The van der Waals surface area contributed by atoms with E-state index in [0.717, 1.165) is 5.56 Å². The smallest absolute Gasteiger partial charge is 0.389 e. The van der Waals surface area contributed by atoms with Gasteiger partial charge in [-0.2, -0.15) is 13.2 Å². The molecule has 1 aromatic rings. The number of halogens is 3. The highest BCUT2D eigenvalue weighted by molar-refractivity contribution is 5.34. The Bertz CT molecular complexity index is 365. The van der Waals surface area contributed by atoms with Gasteiger partial charge in [-0.25, -0.2) is 0 Å². The molecule has 1 rings (SSSR count).